The van der Waals surface area contributed by atoms with Crippen LogP contribution in [0.3, 0.4) is 0 Å². The van der Waals surface area contributed by atoms with Gasteiger partial charge in [0.15, 0.2) is 5.82 Å². The molecule has 2 N–H and O–H groups in total. The molecule has 0 bridgehead atoms. The Morgan fingerprint density at radius 2 is 1.75 bits per heavy atom. The lowest BCUT2D eigenvalue weighted by molar-refractivity contribution is -0.137. The third kappa shape index (κ3) is 4.11. The summed E-state index contributed by atoms with van der Waals surface area (Å²) in [5, 5.41) is 12.1. The van der Waals surface area contributed by atoms with Crippen LogP contribution in [0, 0.1) is 13.8 Å². The van der Waals surface area contributed by atoms with Crippen LogP contribution in [0.4, 0.5) is 24.7 Å². The van der Waals surface area contributed by atoms with Gasteiger partial charge in [0.2, 0.25) is 0 Å². The van der Waals surface area contributed by atoms with Gasteiger partial charge in [0.05, 0.1) is 11.1 Å². The second-order valence-corrected chi connectivity index (χ2v) is 6.20. The number of aromatic nitrogens is 2. The van der Waals surface area contributed by atoms with E-state index >= 15 is 0 Å². The number of carbonyl (C=O) groups is 1. The molecule has 0 amide bonds. The van der Waals surface area contributed by atoms with Crippen molar-refractivity contribution in [2.45, 2.75) is 20.0 Å². The van der Waals surface area contributed by atoms with E-state index in [9.17, 15) is 18.0 Å². The molecular weight excluding hydrogens is 371 g/mol. The summed E-state index contributed by atoms with van der Waals surface area (Å²) in [5.41, 5.74) is 1.36. The quantitative estimate of drug-likeness (QED) is 0.642. The highest BCUT2D eigenvalue weighted by atomic mass is 19.4. The van der Waals surface area contributed by atoms with Gasteiger partial charge in [-0.3, -0.25) is 0 Å². The summed E-state index contributed by atoms with van der Waals surface area (Å²) in [6, 6.07) is 11.0. The molecule has 0 saturated heterocycles. The first-order valence-electron chi connectivity index (χ1n) is 8.28. The number of alkyl halides is 3. The van der Waals surface area contributed by atoms with Gasteiger partial charge in [-0.2, -0.15) is 13.2 Å². The van der Waals surface area contributed by atoms with Gasteiger partial charge in [-0.25, -0.2) is 14.8 Å². The Morgan fingerprint density at radius 3 is 2.43 bits per heavy atom. The van der Waals surface area contributed by atoms with Gasteiger partial charge in [0.25, 0.3) is 0 Å². The lowest BCUT2D eigenvalue weighted by atomic mass is 10.1. The molecule has 3 aromatic rings. The van der Waals surface area contributed by atoms with E-state index in [4.69, 9.17) is 5.11 Å². The third-order valence-electron chi connectivity index (χ3n) is 4.21. The predicted octanol–water partition coefficient (Wildman–Crippen LogP) is 5.22. The first kappa shape index (κ1) is 19.3. The Morgan fingerprint density at radius 1 is 1.04 bits per heavy atom. The summed E-state index contributed by atoms with van der Waals surface area (Å²) in [5.74, 6) is -0.448. The van der Waals surface area contributed by atoms with Crippen LogP contribution in [0.25, 0.3) is 11.4 Å². The zero-order chi connectivity index (χ0) is 20.5. The van der Waals surface area contributed by atoms with Crippen molar-refractivity contribution in [2.75, 3.05) is 5.32 Å². The molecule has 0 atom stereocenters. The number of hydrogen-bond donors (Lipinski definition) is 2. The van der Waals surface area contributed by atoms with Gasteiger partial charge in [0.1, 0.15) is 5.82 Å². The number of rotatable bonds is 4. The largest absolute Gasteiger partial charge is 0.478 e. The third-order valence-corrected chi connectivity index (χ3v) is 4.21. The van der Waals surface area contributed by atoms with Gasteiger partial charge >= 0.3 is 12.1 Å². The molecule has 28 heavy (non-hydrogen) atoms. The number of carboxylic acids is 1. The van der Waals surface area contributed by atoms with Crippen molar-refractivity contribution in [1.29, 1.82) is 0 Å². The van der Waals surface area contributed by atoms with Crippen molar-refractivity contribution in [3.63, 3.8) is 0 Å². The minimum absolute atomic E-state index is 0.0896. The Bertz CT molecular complexity index is 1050. The minimum Gasteiger partial charge on any atom is -0.478 e. The van der Waals surface area contributed by atoms with Crippen molar-refractivity contribution in [3.8, 4) is 11.4 Å². The number of nitrogens with zero attached hydrogens (tertiary/aromatic N) is 2. The average Bonchev–Trinajstić information content (AvgIpc) is 2.65. The molecule has 1 heterocycles. The Hall–Kier alpha value is -3.42. The highest BCUT2D eigenvalue weighted by molar-refractivity contribution is 5.89. The number of carboxylic acid groups (broad SMARTS) is 1. The summed E-state index contributed by atoms with van der Waals surface area (Å²) >= 11 is 0. The zero-order valence-electron chi connectivity index (χ0n) is 15.0. The lowest BCUT2D eigenvalue weighted by Gasteiger charge is -2.14. The summed E-state index contributed by atoms with van der Waals surface area (Å²) in [7, 11) is 0. The smallest absolute Gasteiger partial charge is 0.416 e. The Balaban J connectivity index is 2.01. The van der Waals surface area contributed by atoms with Crippen molar-refractivity contribution < 1.29 is 23.1 Å². The van der Waals surface area contributed by atoms with Crippen molar-refractivity contribution >= 4 is 17.5 Å². The van der Waals surface area contributed by atoms with E-state index in [-0.39, 0.29) is 17.1 Å². The van der Waals surface area contributed by atoms with Gasteiger partial charge in [0, 0.05) is 22.5 Å². The predicted molar refractivity (Wildman–Crippen MR) is 98.6 cm³/mol. The fourth-order valence-electron chi connectivity index (χ4n) is 2.58. The second kappa shape index (κ2) is 7.30. The van der Waals surface area contributed by atoms with Gasteiger partial charge in [-0.15, -0.1) is 0 Å². The average molecular weight is 387 g/mol. The monoisotopic (exact) mass is 387 g/mol. The SMILES string of the molecule is Cc1nc(-c2cccc(C(=O)O)c2)nc(Nc2cccc(C(F)(F)F)c2)c1C. The second-order valence-electron chi connectivity index (χ2n) is 6.20. The van der Waals surface area contributed by atoms with Crippen molar-refractivity contribution in [3.05, 3.63) is 70.9 Å². The Labute approximate surface area is 158 Å². The van der Waals surface area contributed by atoms with Crippen LogP contribution >= 0.6 is 0 Å². The molecule has 1 aromatic heterocycles. The maximum atomic E-state index is 12.9. The van der Waals surface area contributed by atoms with Crippen molar-refractivity contribution in [2.24, 2.45) is 0 Å². The number of aromatic carboxylic acids is 1. The molecule has 2 aromatic carbocycles. The molecule has 0 saturated carbocycles. The van der Waals surface area contributed by atoms with E-state index in [0.717, 1.165) is 12.1 Å². The number of hydrogen-bond acceptors (Lipinski definition) is 4. The molecule has 0 radical (unpaired) electrons. The van der Waals surface area contributed by atoms with E-state index in [0.29, 0.717) is 22.6 Å². The summed E-state index contributed by atoms with van der Waals surface area (Å²) in [4.78, 5) is 20.0. The van der Waals surface area contributed by atoms with E-state index < -0.39 is 17.7 Å². The molecule has 0 aliphatic rings. The molecule has 5 nitrogen and oxygen atoms in total. The molecule has 144 valence electrons. The molecule has 3 rings (SSSR count). The standard InChI is InChI=1S/C20H16F3N3O2/c1-11-12(2)24-18(13-5-3-6-14(9-13)19(27)28)26-17(11)25-16-8-4-7-15(10-16)20(21,22)23/h3-10H,1-2H3,(H,27,28)(H,24,25,26). The normalized spacial score (nSPS) is 11.3. The van der Waals surface area contributed by atoms with E-state index in [1.54, 1.807) is 26.0 Å². The fraction of sp³-hybridized carbons (Fsp3) is 0.150. The van der Waals surface area contributed by atoms with Crippen molar-refractivity contribution in [1.82, 2.24) is 9.97 Å². The molecule has 0 fully saturated rings. The lowest BCUT2D eigenvalue weighted by Crippen LogP contribution is -2.07. The summed E-state index contributed by atoms with van der Waals surface area (Å²) < 4.78 is 38.8. The number of aryl methyl sites for hydroxylation is 1. The first-order chi connectivity index (χ1) is 13.1. The molecule has 8 heteroatoms. The van der Waals surface area contributed by atoms with Gasteiger partial charge in [-0.1, -0.05) is 18.2 Å². The molecular formula is C20H16F3N3O2. The number of benzene rings is 2. The number of nitrogens with one attached hydrogen (secondary N) is 1. The number of halogens is 3. The molecule has 0 spiro atoms. The van der Waals surface area contributed by atoms with Crippen LogP contribution in [0.1, 0.15) is 27.2 Å². The van der Waals surface area contributed by atoms with Gasteiger partial charge < -0.3 is 10.4 Å². The van der Waals surface area contributed by atoms with Crippen LogP contribution in [0.2, 0.25) is 0 Å². The van der Waals surface area contributed by atoms with Gasteiger partial charge in [-0.05, 0) is 44.2 Å². The summed E-state index contributed by atoms with van der Waals surface area (Å²) in [6.45, 7) is 3.50. The topological polar surface area (TPSA) is 75.1 Å². The van der Waals surface area contributed by atoms with E-state index in [2.05, 4.69) is 15.3 Å². The number of anilines is 2. The van der Waals surface area contributed by atoms with Crippen LogP contribution < -0.4 is 5.32 Å². The minimum atomic E-state index is -4.45. The highest BCUT2D eigenvalue weighted by Crippen LogP contribution is 2.32. The van der Waals surface area contributed by atoms with Crippen LogP contribution in [0.5, 0.6) is 0 Å². The molecule has 0 aliphatic heterocycles. The van der Waals surface area contributed by atoms with Crippen LogP contribution in [-0.2, 0) is 6.18 Å². The highest BCUT2D eigenvalue weighted by Gasteiger charge is 2.30. The fourth-order valence-corrected chi connectivity index (χ4v) is 2.58. The van der Waals surface area contributed by atoms with E-state index in [1.165, 1.54) is 24.3 Å². The van der Waals surface area contributed by atoms with Crippen LogP contribution in [0.15, 0.2) is 48.5 Å². The van der Waals surface area contributed by atoms with Crippen LogP contribution in [-0.4, -0.2) is 21.0 Å². The summed E-state index contributed by atoms with van der Waals surface area (Å²) in [6.07, 6.45) is -4.45. The maximum Gasteiger partial charge on any atom is 0.416 e. The van der Waals surface area contributed by atoms with E-state index in [1.807, 2.05) is 0 Å². The Kier molecular flexibility index (Phi) is 5.04. The molecule has 0 unspecified atom stereocenters. The maximum absolute atomic E-state index is 12.9. The zero-order valence-corrected chi connectivity index (χ0v) is 15.0. The molecule has 0 aliphatic carbocycles. The first-order valence-corrected chi connectivity index (χ1v) is 8.28.